The number of aliphatic imine (C=N–C) groups is 1. The van der Waals surface area contributed by atoms with E-state index in [1.807, 2.05) is 6.07 Å². The first-order valence-electron chi connectivity index (χ1n) is 12.3. The van der Waals surface area contributed by atoms with Crippen molar-refractivity contribution in [2.24, 2.45) is 22.6 Å². The van der Waals surface area contributed by atoms with Crippen LogP contribution in [0.2, 0.25) is 0 Å². The largest absolute Gasteiger partial charge is 0.376 e. The number of carbonyl (C=O) groups excluding carboxylic acids is 1. The second-order valence-electron chi connectivity index (χ2n) is 9.06. The third-order valence-electron chi connectivity index (χ3n) is 6.52. The molecule has 33 heavy (non-hydrogen) atoms. The Hall–Kier alpha value is -1.39. The number of nitrogens with one attached hydrogen (secondary N) is 1. The lowest BCUT2D eigenvalue weighted by atomic mass is 9.96. The van der Waals surface area contributed by atoms with E-state index < -0.39 is 0 Å². The molecule has 2 heterocycles. The number of carbonyl (C=O) groups is 1. The average molecular weight is 572 g/mol. The molecular weight excluding hydrogens is 529 g/mol. The fourth-order valence-electron chi connectivity index (χ4n) is 4.58. The molecule has 1 aromatic rings. The highest BCUT2D eigenvalue weighted by molar-refractivity contribution is 14.0. The molecule has 1 unspecified atom stereocenters. The molecule has 186 valence electrons. The van der Waals surface area contributed by atoms with Gasteiger partial charge in [-0.05, 0) is 64.2 Å². The zero-order chi connectivity index (χ0) is 22.6. The Morgan fingerprint density at radius 3 is 2.61 bits per heavy atom. The Morgan fingerprint density at radius 2 is 1.91 bits per heavy atom. The summed E-state index contributed by atoms with van der Waals surface area (Å²) in [5.41, 5.74) is 6.66. The number of primary amides is 1. The van der Waals surface area contributed by atoms with Crippen molar-refractivity contribution in [2.75, 3.05) is 52.4 Å². The van der Waals surface area contributed by atoms with Gasteiger partial charge >= 0.3 is 0 Å². The van der Waals surface area contributed by atoms with Crippen molar-refractivity contribution in [1.29, 1.82) is 0 Å². The topological polar surface area (TPSA) is 83.2 Å². The summed E-state index contributed by atoms with van der Waals surface area (Å²) in [7, 11) is 0. The van der Waals surface area contributed by atoms with Gasteiger partial charge in [0.15, 0.2) is 5.96 Å². The van der Waals surface area contributed by atoms with E-state index in [0.29, 0.717) is 12.5 Å². The molecule has 0 radical (unpaired) electrons. The number of likely N-dealkylation sites (tertiary alicyclic amines) is 2. The van der Waals surface area contributed by atoms with E-state index >= 15 is 0 Å². The number of rotatable bonds is 11. The number of amides is 1. The van der Waals surface area contributed by atoms with Crippen molar-refractivity contribution in [2.45, 2.75) is 45.6 Å². The van der Waals surface area contributed by atoms with Crippen LogP contribution in [0.4, 0.5) is 0 Å². The maximum atomic E-state index is 11.3. The average Bonchev–Trinajstić information content (AvgIpc) is 3.28. The Balaban J connectivity index is 0.00000385. The SMILES string of the molecule is CCNC(=NCCCCN1CCC(C(N)=O)CC1)N1CCC(COCc2ccccc2)C1.I. The van der Waals surface area contributed by atoms with Crippen LogP contribution in [0.1, 0.15) is 44.6 Å². The third-order valence-corrected chi connectivity index (χ3v) is 6.52. The minimum atomic E-state index is -0.137. The lowest BCUT2D eigenvalue weighted by molar-refractivity contribution is -0.123. The standard InChI is InChI=1S/C25H41N5O2.HI/c1-2-27-25(28-13-6-7-14-29-15-11-23(12-16-29)24(26)31)30-17-10-22(18-30)20-32-19-21-8-4-3-5-9-21;/h3-5,8-9,22-23H,2,6-7,10-20H2,1H3,(H2,26,31)(H,27,28);1H. The highest BCUT2D eigenvalue weighted by Gasteiger charge is 2.25. The number of ether oxygens (including phenoxy) is 1. The lowest BCUT2D eigenvalue weighted by Gasteiger charge is -2.30. The smallest absolute Gasteiger partial charge is 0.220 e. The predicted molar refractivity (Wildman–Crippen MR) is 145 cm³/mol. The number of benzene rings is 1. The molecule has 1 aromatic carbocycles. The molecule has 2 aliphatic rings. The Kier molecular flexibility index (Phi) is 13.1. The molecule has 2 fully saturated rings. The Bertz CT molecular complexity index is 710. The Labute approximate surface area is 216 Å². The molecular formula is C25H42IN5O2. The van der Waals surface area contributed by atoms with Gasteiger partial charge in [0.05, 0.1) is 13.2 Å². The highest BCUT2D eigenvalue weighted by Crippen LogP contribution is 2.18. The number of halogens is 1. The summed E-state index contributed by atoms with van der Waals surface area (Å²) in [5, 5.41) is 3.46. The molecule has 0 aromatic heterocycles. The van der Waals surface area contributed by atoms with Gasteiger partial charge in [0.2, 0.25) is 5.91 Å². The van der Waals surface area contributed by atoms with Crippen LogP contribution < -0.4 is 11.1 Å². The Morgan fingerprint density at radius 1 is 1.15 bits per heavy atom. The predicted octanol–water partition coefficient (Wildman–Crippen LogP) is 3.09. The van der Waals surface area contributed by atoms with Gasteiger partial charge in [0, 0.05) is 38.0 Å². The number of piperidine rings is 1. The number of hydrogen-bond acceptors (Lipinski definition) is 4. The number of unbranched alkanes of at least 4 members (excludes halogenated alkanes) is 1. The molecule has 0 bridgehead atoms. The number of hydrogen-bond donors (Lipinski definition) is 2. The first kappa shape index (κ1) is 27.9. The van der Waals surface area contributed by atoms with Gasteiger partial charge < -0.3 is 25.6 Å². The van der Waals surface area contributed by atoms with Gasteiger partial charge in [-0.25, -0.2) is 0 Å². The molecule has 8 heteroatoms. The van der Waals surface area contributed by atoms with E-state index in [0.717, 1.165) is 90.5 Å². The second kappa shape index (κ2) is 15.5. The maximum absolute atomic E-state index is 11.3. The van der Waals surface area contributed by atoms with Gasteiger partial charge in [0.1, 0.15) is 0 Å². The summed E-state index contributed by atoms with van der Waals surface area (Å²) >= 11 is 0. The van der Waals surface area contributed by atoms with Crippen LogP contribution >= 0.6 is 24.0 Å². The van der Waals surface area contributed by atoms with E-state index in [2.05, 4.69) is 46.3 Å². The molecule has 3 rings (SSSR count). The van der Waals surface area contributed by atoms with Crippen molar-refractivity contribution in [3.05, 3.63) is 35.9 Å². The summed E-state index contributed by atoms with van der Waals surface area (Å²) in [6.07, 6.45) is 5.19. The maximum Gasteiger partial charge on any atom is 0.220 e. The van der Waals surface area contributed by atoms with E-state index in [1.165, 1.54) is 5.56 Å². The second-order valence-corrected chi connectivity index (χ2v) is 9.06. The fourth-order valence-corrected chi connectivity index (χ4v) is 4.58. The summed E-state index contributed by atoms with van der Waals surface area (Å²) in [6.45, 7) is 10.5. The van der Waals surface area contributed by atoms with Crippen LogP contribution in [0.3, 0.4) is 0 Å². The molecule has 0 saturated carbocycles. The van der Waals surface area contributed by atoms with Crippen LogP contribution in [0.25, 0.3) is 0 Å². The van der Waals surface area contributed by atoms with E-state index in [4.69, 9.17) is 15.5 Å². The minimum absolute atomic E-state index is 0. The van der Waals surface area contributed by atoms with E-state index in [9.17, 15) is 4.79 Å². The van der Waals surface area contributed by atoms with E-state index in [-0.39, 0.29) is 35.8 Å². The third kappa shape index (κ3) is 9.78. The van der Waals surface area contributed by atoms with E-state index in [1.54, 1.807) is 0 Å². The molecule has 3 N–H and O–H groups in total. The van der Waals surface area contributed by atoms with Crippen LogP contribution in [-0.2, 0) is 16.1 Å². The molecule has 2 saturated heterocycles. The lowest BCUT2D eigenvalue weighted by Crippen LogP contribution is -2.40. The van der Waals surface area contributed by atoms with Crippen LogP contribution in [-0.4, -0.2) is 74.1 Å². The molecule has 0 spiro atoms. The van der Waals surface area contributed by atoms with Gasteiger partial charge in [0.25, 0.3) is 0 Å². The fraction of sp³-hybridized carbons (Fsp3) is 0.680. The molecule has 7 nitrogen and oxygen atoms in total. The number of nitrogens with zero attached hydrogens (tertiary/aromatic N) is 3. The number of guanidine groups is 1. The van der Waals surface area contributed by atoms with Gasteiger partial charge in [-0.15, -0.1) is 24.0 Å². The first-order valence-corrected chi connectivity index (χ1v) is 12.3. The van der Waals surface area contributed by atoms with Gasteiger partial charge in [-0.2, -0.15) is 0 Å². The molecule has 2 aliphatic heterocycles. The van der Waals surface area contributed by atoms with Crippen LogP contribution in [0.15, 0.2) is 35.3 Å². The van der Waals surface area contributed by atoms with Crippen molar-refractivity contribution in [3.8, 4) is 0 Å². The normalized spacial score (nSPS) is 20.0. The minimum Gasteiger partial charge on any atom is -0.376 e. The first-order chi connectivity index (χ1) is 15.7. The van der Waals surface area contributed by atoms with Gasteiger partial charge in [-0.1, -0.05) is 30.3 Å². The molecule has 1 atom stereocenters. The monoisotopic (exact) mass is 571 g/mol. The van der Waals surface area contributed by atoms with Crippen molar-refractivity contribution in [1.82, 2.24) is 15.1 Å². The summed E-state index contributed by atoms with van der Waals surface area (Å²) < 4.78 is 5.96. The zero-order valence-electron chi connectivity index (χ0n) is 20.1. The molecule has 1 amide bonds. The molecule has 0 aliphatic carbocycles. The number of nitrogens with two attached hydrogens (primary N) is 1. The summed E-state index contributed by atoms with van der Waals surface area (Å²) in [5.74, 6) is 1.54. The quantitative estimate of drug-likeness (QED) is 0.185. The summed E-state index contributed by atoms with van der Waals surface area (Å²) in [6, 6.07) is 10.4. The highest BCUT2D eigenvalue weighted by atomic mass is 127. The van der Waals surface area contributed by atoms with Crippen molar-refractivity contribution < 1.29 is 9.53 Å². The van der Waals surface area contributed by atoms with Crippen molar-refractivity contribution >= 4 is 35.8 Å². The van der Waals surface area contributed by atoms with Crippen LogP contribution in [0, 0.1) is 11.8 Å². The summed E-state index contributed by atoms with van der Waals surface area (Å²) in [4.78, 5) is 21.0. The van der Waals surface area contributed by atoms with Gasteiger partial charge in [-0.3, -0.25) is 9.79 Å². The zero-order valence-corrected chi connectivity index (χ0v) is 22.4. The van der Waals surface area contributed by atoms with Crippen molar-refractivity contribution in [3.63, 3.8) is 0 Å². The van der Waals surface area contributed by atoms with Crippen LogP contribution in [0.5, 0.6) is 0 Å².